The summed E-state index contributed by atoms with van der Waals surface area (Å²) in [4.78, 5) is 13.8. The van der Waals surface area contributed by atoms with Crippen molar-refractivity contribution >= 4 is 15.9 Å². The summed E-state index contributed by atoms with van der Waals surface area (Å²) in [6.07, 6.45) is 1.68. The fourth-order valence-corrected chi connectivity index (χ4v) is 4.67. The van der Waals surface area contributed by atoms with Gasteiger partial charge in [0.15, 0.2) is 0 Å². The number of hydrogen-bond donors (Lipinski definition) is 0. The summed E-state index contributed by atoms with van der Waals surface area (Å²) >= 11 is 0. The van der Waals surface area contributed by atoms with Gasteiger partial charge in [0.25, 0.3) is 0 Å². The van der Waals surface area contributed by atoms with Gasteiger partial charge < -0.3 is 9.64 Å². The number of ether oxygens (including phenoxy) is 1. The standard InChI is InChI=1S/C22H26N2O4S/c1-4-11-23(18(3)25)15-19-7-10-22-20(14-19)16-24(12-13-28-22)29(26,27)21-8-5-17(2)6-9-21/h4-10,14H,1,11-13,15-16H2,2-3H3. The van der Waals surface area contributed by atoms with E-state index in [0.29, 0.717) is 18.8 Å². The van der Waals surface area contributed by atoms with Crippen LogP contribution >= 0.6 is 0 Å². The molecule has 3 rings (SSSR count). The van der Waals surface area contributed by atoms with Crippen LogP contribution in [-0.4, -0.2) is 43.2 Å². The highest BCUT2D eigenvalue weighted by Crippen LogP contribution is 2.28. The average molecular weight is 415 g/mol. The number of carbonyl (C=O) groups excluding carboxylic acids is 1. The second-order valence-electron chi connectivity index (χ2n) is 7.13. The molecule has 1 aliphatic heterocycles. The van der Waals surface area contributed by atoms with Gasteiger partial charge in [0.2, 0.25) is 15.9 Å². The third kappa shape index (κ3) is 4.86. The molecular weight excluding hydrogens is 388 g/mol. The maximum Gasteiger partial charge on any atom is 0.243 e. The zero-order valence-electron chi connectivity index (χ0n) is 16.8. The minimum absolute atomic E-state index is 0.0420. The Balaban J connectivity index is 1.87. The van der Waals surface area contributed by atoms with Crippen molar-refractivity contribution in [3.63, 3.8) is 0 Å². The average Bonchev–Trinajstić information content (AvgIpc) is 2.90. The topological polar surface area (TPSA) is 66.9 Å². The van der Waals surface area contributed by atoms with Gasteiger partial charge in [-0.15, -0.1) is 6.58 Å². The van der Waals surface area contributed by atoms with Gasteiger partial charge >= 0.3 is 0 Å². The van der Waals surface area contributed by atoms with E-state index in [9.17, 15) is 13.2 Å². The first-order valence-corrected chi connectivity index (χ1v) is 10.9. The van der Waals surface area contributed by atoms with Crippen molar-refractivity contribution in [2.45, 2.75) is 31.8 Å². The van der Waals surface area contributed by atoms with Crippen molar-refractivity contribution < 1.29 is 17.9 Å². The second-order valence-corrected chi connectivity index (χ2v) is 9.07. The largest absolute Gasteiger partial charge is 0.492 e. The maximum atomic E-state index is 13.1. The Morgan fingerprint density at radius 3 is 2.62 bits per heavy atom. The van der Waals surface area contributed by atoms with Crippen molar-refractivity contribution in [2.24, 2.45) is 0 Å². The number of hydrogen-bond acceptors (Lipinski definition) is 4. The molecule has 0 unspecified atom stereocenters. The Morgan fingerprint density at radius 2 is 1.97 bits per heavy atom. The van der Waals surface area contributed by atoms with Crippen LogP contribution in [0.25, 0.3) is 0 Å². The minimum Gasteiger partial charge on any atom is -0.492 e. The molecule has 0 bridgehead atoms. The van der Waals surface area contributed by atoms with Crippen molar-refractivity contribution in [1.82, 2.24) is 9.21 Å². The minimum atomic E-state index is -3.63. The molecule has 0 saturated carbocycles. The van der Waals surface area contributed by atoms with E-state index in [-0.39, 0.29) is 30.5 Å². The Labute approximate surface area is 172 Å². The van der Waals surface area contributed by atoms with E-state index in [1.807, 2.05) is 25.1 Å². The molecule has 2 aromatic rings. The zero-order valence-corrected chi connectivity index (χ0v) is 17.6. The lowest BCUT2D eigenvalue weighted by atomic mass is 10.1. The van der Waals surface area contributed by atoms with Crippen molar-refractivity contribution in [3.05, 3.63) is 71.8 Å². The van der Waals surface area contributed by atoms with Crippen LogP contribution in [0.1, 0.15) is 23.6 Å². The molecule has 1 amide bonds. The number of carbonyl (C=O) groups is 1. The molecule has 0 radical (unpaired) electrons. The van der Waals surface area contributed by atoms with E-state index < -0.39 is 10.0 Å². The number of sulfonamides is 1. The predicted molar refractivity (Wildman–Crippen MR) is 112 cm³/mol. The molecule has 0 atom stereocenters. The van der Waals surface area contributed by atoms with Crippen molar-refractivity contribution in [1.29, 1.82) is 0 Å². The van der Waals surface area contributed by atoms with Crippen LogP contribution in [0.5, 0.6) is 5.75 Å². The van der Waals surface area contributed by atoms with Gasteiger partial charge in [-0.1, -0.05) is 29.8 Å². The van der Waals surface area contributed by atoms with Crippen LogP contribution in [0, 0.1) is 6.92 Å². The Morgan fingerprint density at radius 1 is 1.24 bits per heavy atom. The number of aryl methyl sites for hydroxylation is 1. The Hall–Kier alpha value is -2.64. The second kappa shape index (κ2) is 8.80. The third-order valence-electron chi connectivity index (χ3n) is 4.90. The number of amides is 1. The first-order valence-electron chi connectivity index (χ1n) is 9.49. The molecule has 1 aliphatic rings. The third-order valence-corrected chi connectivity index (χ3v) is 6.76. The molecule has 0 N–H and O–H groups in total. The van der Waals surface area contributed by atoms with Crippen LogP contribution in [0.4, 0.5) is 0 Å². The fourth-order valence-electron chi connectivity index (χ4n) is 3.27. The van der Waals surface area contributed by atoms with Crippen LogP contribution in [-0.2, 0) is 27.9 Å². The van der Waals surface area contributed by atoms with E-state index in [1.165, 1.54) is 11.2 Å². The van der Waals surface area contributed by atoms with Gasteiger partial charge in [-0.3, -0.25) is 4.79 Å². The van der Waals surface area contributed by atoms with E-state index in [2.05, 4.69) is 6.58 Å². The fraction of sp³-hybridized carbons (Fsp3) is 0.318. The van der Waals surface area contributed by atoms with Gasteiger partial charge in [-0.25, -0.2) is 8.42 Å². The number of nitrogens with zero attached hydrogens (tertiary/aromatic N) is 2. The van der Waals surface area contributed by atoms with Gasteiger partial charge in [-0.05, 0) is 36.8 Å². The Bertz CT molecular complexity index is 1000. The summed E-state index contributed by atoms with van der Waals surface area (Å²) in [6.45, 7) is 8.80. The van der Waals surface area contributed by atoms with Crippen molar-refractivity contribution in [3.8, 4) is 5.75 Å². The molecule has 29 heavy (non-hydrogen) atoms. The summed E-state index contributed by atoms with van der Waals surface area (Å²) in [7, 11) is -3.63. The number of fused-ring (bicyclic) bond motifs is 1. The predicted octanol–water partition coefficient (Wildman–Crippen LogP) is 3.11. The van der Waals surface area contributed by atoms with E-state index in [0.717, 1.165) is 16.7 Å². The first kappa shape index (κ1) is 21.1. The van der Waals surface area contributed by atoms with Gasteiger partial charge in [-0.2, -0.15) is 4.31 Å². The summed E-state index contributed by atoms with van der Waals surface area (Å²) in [5.74, 6) is 0.633. The first-order chi connectivity index (χ1) is 13.8. The van der Waals surface area contributed by atoms with Crippen molar-refractivity contribution in [2.75, 3.05) is 19.7 Å². The summed E-state index contributed by atoms with van der Waals surface area (Å²) in [5, 5.41) is 0. The molecule has 0 fully saturated rings. The zero-order chi connectivity index (χ0) is 21.0. The molecule has 154 valence electrons. The summed E-state index contributed by atoms with van der Waals surface area (Å²) in [6, 6.07) is 12.5. The monoisotopic (exact) mass is 414 g/mol. The lowest BCUT2D eigenvalue weighted by Crippen LogP contribution is -2.32. The lowest BCUT2D eigenvalue weighted by molar-refractivity contribution is -0.128. The van der Waals surface area contributed by atoms with E-state index in [4.69, 9.17) is 4.74 Å². The van der Waals surface area contributed by atoms with E-state index in [1.54, 1.807) is 35.2 Å². The summed E-state index contributed by atoms with van der Waals surface area (Å²) in [5.41, 5.74) is 2.71. The quantitative estimate of drug-likeness (QED) is 0.681. The molecule has 6 nitrogen and oxygen atoms in total. The lowest BCUT2D eigenvalue weighted by Gasteiger charge is -2.21. The maximum absolute atomic E-state index is 13.1. The van der Waals surface area contributed by atoms with Crippen LogP contribution in [0.3, 0.4) is 0 Å². The highest BCUT2D eigenvalue weighted by atomic mass is 32.2. The SMILES string of the molecule is C=CCN(Cc1ccc2c(c1)CN(S(=O)(=O)c1ccc(C)cc1)CCO2)C(C)=O. The highest BCUT2D eigenvalue weighted by molar-refractivity contribution is 7.89. The van der Waals surface area contributed by atoms with Crippen LogP contribution in [0.2, 0.25) is 0 Å². The summed E-state index contributed by atoms with van der Waals surface area (Å²) < 4.78 is 33.4. The molecule has 2 aromatic carbocycles. The Kier molecular flexibility index (Phi) is 6.39. The molecule has 0 aliphatic carbocycles. The molecule has 0 spiro atoms. The molecule has 0 saturated heterocycles. The van der Waals surface area contributed by atoms with Gasteiger partial charge in [0.1, 0.15) is 12.4 Å². The normalized spacial score (nSPS) is 14.4. The number of benzene rings is 2. The molecular formula is C22H26N2O4S. The molecule has 7 heteroatoms. The van der Waals surface area contributed by atoms with Crippen LogP contribution < -0.4 is 4.74 Å². The van der Waals surface area contributed by atoms with Gasteiger partial charge in [0.05, 0.1) is 4.90 Å². The van der Waals surface area contributed by atoms with Crippen LogP contribution in [0.15, 0.2) is 60.0 Å². The molecule has 1 heterocycles. The van der Waals surface area contributed by atoms with Gasteiger partial charge in [0, 0.05) is 38.7 Å². The number of rotatable bonds is 6. The molecule has 0 aromatic heterocycles. The highest BCUT2D eigenvalue weighted by Gasteiger charge is 2.28. The van der Waals surface area contributed by atoms with E-state index >= 15 is 0 Å². The smallest absolute Gasteiger partial charge is 0.243 e.